The van der Waals surface area contributed by atoms with Crippen LogP contribution in [0, 0.1) is 11.8 Å². The topological polar surface area (TPSA) is 37.3 Å². The number of carbonyl (C=O) groups is 1. The Labute approximate surface area is 114 Å². The summed E-state index contributed by atoms with van der Waals surface area (Å²) in [5.41, 5.74) is 0.800. The number of piperidine rings is 1. The predicted octanol–water partition coefficient (Wildman–Crippen LogP) is 1.13. The van der Waals surface area contributed by atoms with Crippen LogP contribution in [-0.2, 0) is 7.05 Å². The van der Waals surface area contributed by atoms with Crippen molar-refractivity contribution in [3.05, 3.63) is 24.0 Å². The van der Waals surface area contributed by atoms with Crippen LogP contribution in [0.4, 0.5) is 0 Å². The molecule has 2 unspecified atom stereocenters. The van der Waals surface area contributed by atoms with E-state index in [4.69, 9.17) is 0 Å². The van der Waals surface area contributed by atoms with Gasteiger partial charge in [0, 0.05) is 26.3 Å². The van der Waals surface area contributed by atoms with Crippen molar-refractivity contribution < 1.29 is 4.79 Å². The van der Waals surface area contributed by atoms with Crippen LogP contribution in [0.3, 0.4) is 0 Å². The third kappa shape index (κ3) is 2.27. The van der Waals surface area contributed by atoms with Crippen molar-refractivity contribution in [1.29, 1.82) is 0 Å². The molecule has 5 heteroatoms. The summed E-state index contributed by atoms with van der Waals surface area (Å²) in [5, 5.41) is 3.43. The summed E-state index contributed by atoms with van der Waals surface area (Å²) in [5.74, 6) is 1.63. The summed E-state index contributed by atoms with van der Waals surface area (Å²) in [6, 6.07) is 3.83. The maximum absolute atomic E-state index is 12.4. The number of nitrogens with zero attached hydrogens (tertiary/aromatic N) is 2. The highest BCUT2D eigenvalue weighted by Gasteiger charge is 2.34. The molecule has 2 fully saturated rings. The second-order valence-electron chi connectivity index (χ2n) is 5.22. The highest BCUT2D eigenvalue weighted by atomic mass is 35.5. The van der Waals surface area contributed by atoms with Crippen molar-refractivity contribution in [2.75, 3.05) is 26.2 Å². The molecule has 0 bridgehead atoms. The largest absolute Gasteiger partial charge is 0.347 e. The molecule has 1 amide bonds. The zero-order valence-corrected chi connectivity index (χ0v) is 11.4. The van der Waals surface area contributed by atoms with E-state index in [1.54, 1.807) is 0 Å². The smallest absolute Gasteiger partial charge is 0.270 e. The molecule has 3 rings (SSSR count). The van der Waals surface area contributed by atoms with E-state index < -0.39 is 0 Å². The minimum Gasteiger partial charge on any atom is -0.347 e. The van der Waals surface area contributed by atoms with Gasteiger partial charge in [0.25, 0.3) is 5.91 Å². The van der Waals surface area contributed by atoms with Crippen molar-refractivity contribution in [2.24, 2.45) is 18.9 Å². The Morgan fingerprint density at radius 1 is 1.39 bits per heavy atom. The van der Waals surface area contributed by atoms with Crippen LogP contribution in [0.15, 0.2) is 18.3 Å². The first-order valence-electron chi connectivity index (χ1n) is 6.37. The molecule has 0 saturated carbocycles. The molecule has 3 heterocycles. The van der Waals surface area contributed by atoms with E-state index >= 15 is 0 Å². The Kier molecular flexibility index (Phi) is 3.97. The summed E-state index contributed by atoms with van der Waals surface area (Å²) in [7, 11) is 1.93. The van der Waals surface area contributed by atoms with Crippen molar-refractivity contribution in [2.45, 2.75) is 6.42 Å². The molecule has 2 saturated heterocycles. The van der Waals surface area contributed by atoms with E-state index in [-0.39, 0.29) is 18.3 Å². The Morgan fingerprint density at radius 2 is 2.17 bits per heavy atom. The minimum atomic E-state index is 0. The number of hydrogen-bond acceptors (Lipinski definition) is 2. The van der Waals surface area contributed by atoms with Gasteiger partial charge >= 0.3 is 0 Å². The molecule has 18 heavy (non-hydrogen) atoms. The third-order valence-corrected chi connectivity index (χ3v) is 4.15. The lowest BCUT2D eigenvalue weighted by atomic mass is 9.88. The van der Waals surface area contributed by atoms with Crippen LogP contribution in [0.1, 0.15) is 16.9 Å². The Morgan fingerprint density at radius 3 is 2.89 bits per heavy atom. The number of rotatable bonds is 1. The first-order valence-corrected chi connectivity index (χ1v) is 6.37. The summed E-state index contributed by atoms with van der Waals surface area (Å²) in [4.78, 5) is 14.4. The standard InChI is InChI=1S/C13H19N3O.ClH/c1-15-5-2-3-12(15)13(17)16-6-4-10-7-14-8-11(10)9-16;/h2-3,5,10-11,14H,4,6-9H2,1H3;1H. The van der Waals surface area contributed by atoms with E-state index in [1.165, 1.54) is 0 Å². The van der Waals surface area contributed by atoms with Gasteiger partial charge in [-0.25, -0.2) is 0 Å². The molecule has 4 nitrogen and oxygen atoms in total. The Hall–Kier alpha value is -1.00. The van der Waals surface area contributed by atoms with Gasteiger partial charge < -0.3 is 14.8 Å². The molecule has 2 aliphatic rings. The van der Waals surface area contributed by atoms with Gasteiger partial charge in [-0.2, -0.15) is 0 Å². The van der Waals surface area contributed by atoms with Crippen LogP contribution in [0.2, 0.25) is 0 Å². The molecule has 2 atom stereocenters. The lowest BCUT2D eigenvalue weighted by Crippen LogP contribution is -2.43. The second-order valence-corrected chi connectivity index (χ2v) is 5.22. The van der Waals surface area contributed by atoms with E-state index in [0.29, 0.717) is 5.92 Å². The molecule has 0 radical (unpaired) electrons. The number of halogens is 1. The van der Waals surface area contributed by atoms with Crippen molar-refractivity contribution in [3.63, 3.8) is 0 Å². The van der Waals surface area contributed by atoms with Crippen LogP contribution >= 0.6 is 12.4 Å². The summed E-state index contributed by atoms with van der Waals surface area (Å²) in [6.45, 7) is 4.03. The first kappa shape index (κ1) is 13.4. The molecular formula is C13H20ClN3O. The number of nitrogens with one attached hydrogen (secondary N) is 1. The van der Waals surface area contributed by atoms with Crippen LogP contribution < -0.4 is 5.32 Å². The highest BCUT2D eigenvalue weighted by molar-refractivity contribution is 5.92. The summed E-state index contributed by atoms with van der Waals surface area (Å²) in [6.07, 6.45) is 3.07. The van der Waals surface area contributed by atoms with Crippen LogP contribution in [0.25, 0.3) is 0 Å². The number of hydrogen-bond donors (Lipinski definition) is 1. The minimum absolute atomic E-state index is 0. The summed E-state index contributed by atoms with van der Waals surface area (Å²) < 4.78 is 1.90. The van der Waals surface area contributed by atoms with Gasteiger partial charge in [-0.3, -0.25) is 4.79 Å². The van der Waals surface area contributed by atoms with Gasteiger partial charge in [-0.1, -0.05) is 0 Å². The quantitative estimate of drug-likeness (QED) is 0.830. The average Bonchev–Trinajstić information content (AvgIpc) is 2.95. The molecular weight excluding hydrogens is 250 g/mol. The van der Waals surface area contributed by atoms with E-state index in [1.807, 2.05) is 34.8 Å². The number of likely N-dealkylation sites (tertiary alicyclic amines) is 1. The maximum atomic E-state index is 12.4. The lowest BCUT2D eigenvalue weighted by Gasteiger charge is -2.34. The molecule has 1 aromatic rings. The third-order valence-electron chi connectivity index (χ3n) is 4.15. The Bertz CT molecular complexity index is 432. The molecule has 2 aliphatic heterocycles. The van der Waals surface area contributed by atoms with Crippen molar-refractivity contribution >= 4 is 18.3 Å². The second kappa shape index (κ2) is 5.33. The van der Waals surface area contributed by atoms with E-state index in [9.17, 15) is 4.79 Å². The van der Waals surface area contributed by atoms with Crippen LogP contribution in [0.5, 0.6) is 0 Å². The van der Waals surface area contributed by atoms with Gasteiger partial charge in [0.2, 0.25) is 0 Å². The van der Waals surface area contributed by atoms with E-state index in [2.05, 4.69) is 5.32 Å². The number of aryl methyl sites for hydroxylation is 1. The van der Waals surface area contributed by atoms with Gasteiger partial charge in [0.1, 0.15) is 5.69 Å². The number of aromatic nitrogens is 1. The normalized spacial score (nSPS) is 26.6. The van der Waals surface area contributed by atoms with Crippen LogP contribution in [-0.4, -0.2) is 41.6 Å². The Balaban J connectivity index is 0.00000120. The SMILES string of the molecule is Cl.Cn1cccc1C(=O)N1CCC2CNCC2C1. The molecule has 100 valence electrons. The molecule has 1 aromatic heterocycles. The zero-order valence-electron chi connectivity index (χ0n) is 10.6. The first-order chi connectivity index (χ1) is 8.25. The summed E-state index contributed by atoms with van der Waals surface area (Å²) >= 11 is 0. The van der Waals surface area contributed by atoms with Gasteiger partial charge in [0.05, 0.1) is 0 Å². The van der Waals surface area contributed by atoms with Gasteiger partial charge in [-0.05, 0) is 43.5 Å². The molecule has 0 aromatic carbocycles. The fourth-order valence-corrected chi connectivity index (χ4v) is 3.06. The predicted molar refractivity (Wildman–Crippen MR) is 73.0 cm³/mol. The fraction of sp³-hybridized carbons (Fsp3) is 0.615. The van der Waals surface area contributed by atoms with Gasteiger partial charge in [0.15, 0.2) is 0 Å². The number of carbonyl (C=O) groups excluding carboxylic acids is 1. The monoisotopic (exact) mass is 269 g/mol. The maximum Gasteiger partial charge on any atom is 0.270 e. The van der Waals surface area contributed by atoms with Crippen molar-refractivity contribution in [3.8, 4) is 0 Å². The van der Waals surface area contributed by atoms with Crippen molar-refractivity contribution in [1.82, 2.24) is 14.8 Å². The molecule has 1 N–H and O–H groups in total. The average molecular weight is 270 g/mol. The highest BCUT2D eigenvalue weighted by Crippen LogP contribution is 2.27. The van der Waals surface area contributed by atoms with E-state index in [0.717, 1.165) is 44.2 Å². The molecule has 0 aliphatic carbocycles. The zero-order chi connectivity index (χ0) is 11.8. The number of amides is 1. The number of fused-ring (bicyclic) bond motifs is 1. The molecule has 0 spiro atoms. The fourth-order valence-electron chi connectivity index (χ4n) is 3.06. The lowest BCUT2D eigenvalue weighted by molar-refractivity contribution is 0.0633. The van der Waals surface area contributed by atoms with Gasteiger partial charge in [-0.15, -0.1) is 12.4 Å².